The monoisotopic (exact) mass is 368 g/mol. The molecule has 1 fully saturated rings. The first-order valence-corrected chi connectivity index (χ1v) is 8.88. The van der Waals surface area contributed by atoms with Crippen LogP contribution in [-0.4, -0.2) is 41.8 Å². The summed E-state index contributed by atoms with van der Waals surface area (Å²) in [6, 6.07) is 10.9. The highest BCUT2D eigenvalue weighted by molar-refractivity contribution is 5.89. The molecule has 8 heteroatoms. The average Bonchev–Trinajstić information content (AvgIpc) is 3.03. The maximum Gasteiger partial charge on any atom is 0.419 e. The number of benzene rings is 1. The van der Waals surface area contributed by atoms with Gasteiger partial charge in [0.1, 0.15) is 5.82 Å². The number of hydrogen-bond donors (Lipinski definition) is 1. The Kier molecular flexibility index (Phi) is 4.88. The second-order valence-electron chi connectivity index (χ2n) is 6.29. The van der Waals surface area contributed by atoms with Crippen LogP contribution < -0.4 is 16.0 Å². The lowest BCUT2D eigenvalue weighted by atomic mass is 10.3. The van der Waals surface area contributed by atoms with Gasteiger partial charge < -0.3 is 19.4 Å². The Morgan fingerprint density at radius 1 is 1.15 bits per heavy atom. The fourth-order valence-corrected chi connectivity index (χ4v) is 3.11. The predicted molar refractivity (Wildman–Crippen MR) is 101 cm³/mol. The summed E-state index contributed by atoms with van der Waals surface area (Å²) >= 11 is 0. The lowest BCUT2D eigenvalue weighted by Crippen LogP contribution is -2.36. The lowest BCUT2D eigenvalue weighted by Gasteiger charge is -2.28. The van der Waals surface area contributed by atoms with Gasteiger partial charge in [-0.25, -0.2) is 9.78 Å². The smallest absolute Gasteiger partial charge is 0.408 e. The van der Waals surface area contributed by atoms with Gasteiger partial charge >= 0.3 is 5.76 Å². The summed E-state index contributed by atoms with van der Waals surface area (Å²) in [5.74, 6) is -0.183. The van der Waals surface area contributed by atoms with Crippen molar-refractivity contribution in [1.29, 1.82) is 0 Å². The molecular weight excluding hydrogens is 348 g/mol. The summed E-state index contributed by atoms with van der Waals surface area (Å²) < 4.78 is 12.0. The summed E-state index contributed by atoms with van der Waals surface area (Å²) in [6.07, 6.45) is 1.89. The first kappa shape index (κ1) is 17.3. The van der Waals surface area contributed by atoms with Crippen molar-refractivity contribution in [2.75, 3.05) is 36.5 Å². The number of carbonyl (C=O) groups excluding carboxylic acids is 1. The highest BCUT2D eigenvalue weighted by Crippen LogP contribution is 2.17. The van der Waals surface area contributed by atoms with Crippen molar-refractivity contribution in [2.24, 2.45) is 0 Å². The van der Waals surface area contributed by atoms with E-state index in [0.717, 1.165) is 18.8 Å². The molecular formula is C19H20N4O4. The first-order valence-electron chi connectivity index (χ1n) is 8.88. The summed E-state index contributed by atoms with van der Waals surface area (Å²) in [5.41, 5.74) is 2.21. The van der Waals surface area contributed by atoms with Crippen molar-refractivity contribution in [1.82, 2.24) is 9.55 Å². The van der Waals surface area contributed by atoms with E-state index in [1.54, 1.807) is 30.5 Å². The number of rotatable bonds is 5. The van der Waals surface area contributed by atoms with Gasteiger partial charge in [-0.3, -0.25) is 9.36 Å². The number of nitrogens with zero attached hydrogens (tertiary/aromatic N) is 3. The Bertz CT molecular complexity index is 987. The van der Waals surface area contributed by atoms with Crippen LogP contribution in [0.15, 0.2) is 51.8 Å². The molecule has 27 heavy (non-hydrogen) atoms. The summed E-state index contributed by atoms with van der Waals surface area (Å²) in [5, 5.41) is 2.76. The normalized spacial score (nSPS) is 14.4. The topological polar surface area (TPSA) is 89.6 Å². The third-order valence-corrected chi connectivity index (χ3v) is 4.53. The predicted octanol–water partition coefficient (Wildman–Crippen LogP) is 1.85. The molecule has 0 spiro atoms. The quantitative estimate of drug-likeness (QED) is 0.739. The van der Waals surface area contributed by atoms with E-state index in [1.165, 1.54) is 4.57 Å². The van der Waals surface area contributed by atoms with E-state index in [1.807, 2.05) is 12.1 Å². The van der Waals surface area contributed by atoms with E-state index >= 15 is 0 Å². The molecule has 4 rings (SSSR count). The molecule has 0 bridgehead atoms. The van der Waals surface area contributed by atoms with Gasteiger partial charge in [-0.1, -0.05) is 12.1 Å². The largest absolute Gasteiger partial charge is 0.419 e. The molecule has 1 aromatic carbocycles. The highest BCUT2D eigenvalue weighted by atomic mass is 16.5. The second-order valence-corrected chi connectivity index (χ2v) is 6.29. The number of para-hydroxylation sites is 2. The Morgan fingerprint density at radius 3 is 2.74 bits per heavy atom. The standard InChI is InChI=1S/C19H20N4O4/c24-18(7-8-23-15-3-1-2-4-16(15)27-19(23)25)21-17-6-5-14(13-20-17)22-9-11-26-12-10-22/h1-6,13H,7-12H2,(H,20,21,24). The fraction of sp³-hybridized carbons (Fsp3) is 0.316. The molecule has 1 saturated heterocycles. The highest BCUT2D eigenvalue weighted by Gasteiger charge is 2.13. The molecule has 0 radical (unpaired) electrons. The molecule has 1 amide bonds. The van der Waals surface area contributed by atoms with Crippen LogP contribution in [0.4, 0.5) is 11.5 Å². The van der Waals surface area contributed by atoms with E-state index in [9.17, 15) is 9.59 Å². The molecule has 140 valence electrons. The Balaban J connectivity index is 1.36. The second kappa shape index (κ2) is 7.63. The SMILES string of the molecule is O=C(CCn1c(=O)oc2ccccc21)Nc1ccc(N2CCOCC2)cn1. The summed E-state index contributed by atoms with van der Waals surface area (Å²) in [6.45, 7) is 3.33. The minimum absolute atomic E-state index is 0.149. The van der Waals surface area contributed by atoms with E-state index < -0.39 is 5.76 Å². The Morgan fingerprint density at radius 2 is 1.96 bits per heavy atom. The first-order chi connectivity index (χ1) is 13.2. The zero-order valence-corrected chi connectivity index (χ0v) is 14.8. The number of aryl methyl sites for hydroxylation is 1. The van der Waals surface area contributed by atoms with Crippen LogP contribution in [0.5, 0.6) is 0 Å². The van der Waals surface area contributed by atoms with Crippen molar-refractivity contribution in [3.05, 3.63) is 53.1 Å². The minimum Gasteiger partial charge on any atom is -0.408 e. The number of carbonyl (C=O) groups is 1. The van der Waals surface area contributed by atoms with Crippen molar-refractivity contribution >= 4 is 28.5 Å². The maximum absolute atomic E-state index is 12.2. The molecule has 3 aromatic rings. The van der Waals surface area contributed by atoms with Crippen LogP contribution in [-0.2, 0) is 16.1 Å². The van der Waals surface area contributed by atoms with Gasteiger partial charge in [0.2, 0.25) is 5.91 Å². The number of nitrogens with one attached hydrogen (secondary N) is 1. The number of hydrogen-bond acceptors (Lipinski definition) is 6. The van der Waals surface area contributed by atoms with Gasteiger partial charge in [0.15, 0.2) is 5.58 Å². The molecule has 1 aliphatic heterocycles. The van der Waals surface area contributed by atoms with Crippen molar-refractivity contribution < 1.29 is 13.9 Å². The Labute approximate surface area is 155 Å². The van der Waals surface area contributed by atoms with Crippen molar-refractivity contribution in [3.63, 3.8) is 0 Å². The van der Waals surface area contributed by atoms with Crippen LogP contribution in [0.2, 0.25) is 0 Å². The number of anilines is 2. The fourth-order valence-electron chi connectivity index (χ4n) is 3.11. The number of amides is 1. The summed E-state index contributed by atoms with van der Waals surface area (Å²) in [7, 11) is 0. The van der Waals surface area contributed by atoms with Gasteiger partial charge in [0, 0.05) is 26.1 Å². The van der Waals surface area contributed by atoms with Crippen molar-refractivity contribution in [3.8, 4) is 0 Å². The zero-order chi connectivity index (χ0) is 18.6. The third-order valence-electron chi connectivity index (χ3n) is 4.53. The van der Waals surface area contributed by atoms with Gasteiger partial charge in [-0.05, 0) is 24.3 Å². The van der Waals surface area contributed by atoms with Gasteiger partial charge in [0.05, 0.1) is 30.6 Å². The number of morpholine rings is 1. The molecule has 3 heterocycles. The molecule has 0 saturated carbocycles. The van der Waals surface area contributed by atoms with E-state index in [-0.39, 0.29) is 18.9 Å². The molecule has 0 atom stereocenters. The molecule has 0 aliphatic carbocycles. The number of ether oxygens (including phenoxy) is 1. The van der Waals surface area contributed by atoms with Crippen LogP contribution in [0.25, 0.3) is 11.1 Å². The number of pyridine rings is 1. The third kappa shape index (κ3) is 3.85. The van der Waals surface area contributed by atoms with E-state index in [2.05, 4.69) is 15.2 Å². The van der Waals surface area contributed by atoms with Crippen LogP contribution in [0.3, 0.4) is 0 Å². The summed E-state index contributed by atoms with van der Waals surface area (Å²) in [4.78, 5) is 30.7. The lowest BCUT2D eigenvalue weighted by molar-refractivity contribution is -0.116. The van der Waals surface area contributed by atoms with Gasteiger partial charge in [0.25, 0.3) is 0 Å². The molecule has 1 N–H and O–H groups in total. The number of oxazole rings is 1. The van der Waals surface area contributed by atoms with Gasteiger partial charge in [-0.2, -0.15) is 0 Å². The van der Waals surface area contributed by atoms with Gasteiger partial charge in [-0.15, -0.1) is 0 Å². The molecule has 0 unspecified atom stereocenters. The maximum atomic E-state index is 12.2. The average molecular weight is 368 g/mol. The van der Waals surface area contributed by atoms with E-state index in [4.69, 9.17) is 9.15 Å². The molecule has 2 aromatic heterocycles. The molecule has 8 nitrogen and oxygen atoms in total. The van der Waals surface area contributed by atoms with Crippen LogP contribution in [0.1, 0.15) is 6.42 Å². The minimum atomic E-state index is -0.461. The number of aromatic nitrogens is 2. The molecule has 1 aliphatic rings. The van der Waals surface area contributed by atoms with E-state index in [0.29, 0.717) is 30.1 Å². The number of fused-ring (bicyclic) bond motifs is 1. The van der Waals surface area contributed by atoms with Crippen LogP contribution in [0, 0.1) is 0 Å². The van der Waals surface area contributed by atoms with Crippen LogP contribution >= 0.6 is 0 Å². The Hall–Kier alpha value is -3.13. The van der Waals surface area contributed by atoms with Crippen molar-refractivity contribution in [2.45, 2.75) is 13.0 Å². The zero-order valence-electron chi connectivity index (χ0n) is 14.8.